The van der Waals surface area contributed by atoms with Crippen molar-refractivity contribution < 1.29 is 28.6 Å². The van der Waals surface area contributed by atoms with Crippen molar-refractivity contribution in [3.8, 4) is 0 Å². The van der Waals surface area contributed by atoms with Gasteiger partial charge in [-0.15, -0.1) is 0 Å². The average molecular weight is 1000 g/mol. The Labute approximate surface area is 443 Å². The van der Waals surface area contributed by atoms with Crippen LogP contribution in [0.4, 0.5) is 0 Å². The van der Waals surface area contributed by atoms with Crippen LogP contribution in [0.15, 0.2) is 12.2 Å². The topological polar surface area (TPSA) is 78.9 Å². The van der Waals surface area contributed by atoms with Crippen LogP contribution in [-0.4, -0.2) is 37.2 Å². The first-order valence-corrected chi connectivity index (χ1v) is 32.2. The summed E-state index contributed by atoms with van der Waals surface area (Å²) < 4.78 is 16.9. The Balaban J connectivity index is 4.28. The molecule has 0 aromatic carbocycles. The Hall–Kier alpha value is -1.85. The summed E-state index contributed by atoms with van der Waals surface area (Å²) in [5, 5.41) is 0. The number of ether oxygens (including phenoxy) is 3. The molecular weight excluding hydrogens is 877 g/mol. The Morgan fingerprint density at radius 2 is 0.465 bits per heavy atom. The van der Waals surface area contributed by atoms with Gasteiger partial charge in [-0.2, -0.15) is 0 Å². The van der Waals surface area contributed by atoms with Gasteiger partial charge in [0, 0.05) is 19.3 Å². The SMILES string of the molecule is CCCCCCC/C=C\CCCCCCCC(=O)OCC(COC(=O)CCCCCCCCCCCCCCCCCCCCCC)OC(=O)CCCCCCCCCCCCCCCCCCCCC. The number of allylic oxidation sites excluding steroid dienone is 2. The van der Waals surface area contributed by atoms with Crippen LogP contribution in [0.5, 0.6) is 0 Å². The Morgan fingerprint density at radius 3 is 0.704 bits per heavy atom. The van der Waals surface area contributed by atoms with Crippen LogP contribution in [-0.2, 0) is 28.6 Å². The molecule has 0 aliphatic rings. The molecule has 0 bridgehead atoms. The van der Waals surface area contributed by atoms with Gasteiger partial charge >= 0.3 is 17.9 Å². The second kappa shape index (κ2) is 60.7. The van der Waals surface area contributed by atoms with E-state index in [4.69, 9.17) is 14.2 Å². The maximum Gasteiger partial charge on any atom is 0.306 e. The lowest BCUT2D eigenvalue weighted by molar-refractivity contribution is -0.167. The molecule has 0 N–H and O–H groups in total. The zero-order valence-corrected chi connectivity index (χ0v) is 48.3. The zero-order valence-electron chi connectivity index (χ0n) is 48.3. The molecule has 0 fully saturated rings. The summed E-state index contributed by atoms with van der Waals surface area (Å²) in [6.07, 6.45) is 70.7. The molecule has 0 amide bonds. The van der Waals surface area contributed by atoms with Gasteiger partial charge in [-0.05, 0) is 44.9 Å². The minimum absolute atomic E-state index is 0.0659. The highest BCUT2D eigenvalue weighted by Gasteiger charge is 2.19. The Kier molecular flexibility index (Phi) is 59.1. The molecule has 6 heteroatoms. The maximum absolute atomic E-state index is 12.9. The third-order valence-corrected chi connectivity index (χ3v) is 14.8. The van der Waals surface area contributed by atoms with Crippen molar-refractivity contribution in [3.05, 3.63) is 12.2 Å². The number of carbonyl (C=O) groups excluding carboxylic acids is 3. The van der Waals surface area contributed by atoms with Gasteiger partial charge in [0.05, 0.1) is 0 Å². The summed E-state index contributed by atoms with van der Waals surface area (Å²) in [7, 11) is 0. The van der Waals surface area contributed by atoms with Crippen molar-refractivity contribution in [3.63, 3.8) is 0 Å². The number of hydrogen-bond donors (Lipinski definition) is 0. The smallest absolute Gasteiger partial charge is 0.306 e. The van der Waals surface area contributed by atoms with E-state index in [9.17, 15) is 14.4 Å². The molecule has 1 atom stereocenters. The Bertz CT molecular complexity index is 1100. The van der Waals surface area contributed by atoms with Crippen LogP contribution in [0, 0.1) is 0 Å². The molecule has 0 radical (unpaired) electrons. The molecule has 0 aromatic rings. The van der Waals surface area contributed by atoms with Crippen LogP contribution >= 0.6 is 0 Å². The molecule has 0 saturated heterocycles. The lowest BCUT2D eigenvalue weighted by Gasteiger charge is -2.18. The predicted octanol–water partition coefficient (Wildman–Crippen LogP) is 21.7. The molecule has 0 rings (SSSR count). The number of rotatable bonds is 60. The lowest BCUT2D eigenvalue weighted by atomic mass is 10.0. The monoisotopic (exact) mass is 1000 g/mol. The van der Waals surface area contributed by atoms with Crippen LogP contribution in [0.25, 0.3) is 0 Å². The van der Waals surface area contributed by atoms with E-state index < -0.39 is 6.10 Å². The predicted molar refractivity (Wildman–Crippen MR) is 307 cm³/mol. The van der Waals surface area contributed by atoms with E-state index in [1.807, 2.05) is 0 Å². The summed E-state index contributed by atoms with van der Waals surface area (Å²) in [5.74, 6) is -0.844. The number of unbranched alkanes of at least 4 members (excludes halogenated alkanes) is 47. The Morgan fingerprint density at radius 1 is 0.268 bits per heavy atom. The fraction of sp³-hybridized carbons (Fsp3) is 0.923. The molecule has 420 valence electrons. The van der Waals surface area contributed by atoms with Gasteiger partial charge in [0.15, 0.2) is 6.10 Å². The largest absolute Gasteiger partial charge is 0.462 e. The van der Waals surface area contributed by atoms with E-state index in [1.54, 1.807) is 0 Å². The summed E-state index contributed by atoms with van der Waals surface area (Å²) in [5.41, 5.74) is 0. The first-order chi connectivity index (χ1) is 35.0. The van der Waals surface area contributed by atoms with Gasteiger partial charge < -0.3 is 14.2 Å². The summed E-state index contributed by atoms with van der Waals surface area (Å²) in [6.45, 7) is 6.70. The third kappa shape index (κ3) is 58.9. The first kappa shape index (κ1) is 69.2. The van der Waals surface area contributed by atoms with Gasteiger partial charge in [0.2, 0.25) is 0 Å². The van der Waals surface area contributed by atoms with Crippen LogP contribution < -0.4 is 0 Å². The highest BCUT2D eigenvalue weighted by Crippen LogP contribution is 2.18. The highest BCUT2D eigenvalue weighted by atomic mass is 16.6. The summed E-state index contributed by atoms with van der Waals surface area (Å²) in [6, 6.07) is 0. The van der Waals surface area contributed by atoms with Gasteiger partial charge in [0.25, 0.3) is 0 Å². The van der Waals surface area contributed by atoms with Crippen molar-refractivity contribution in [1.82, 2.24) is 0 Å². The van der Waals surface area contributed by atoms with E-state index in [0.717, 1.165) is 64.2 Å². The van der Waals surface area contributed by atoms with Gasteiger partial charge in [-0.3, -0.25) is 14.4 Å². The molecule has 0 saturated carbocycles. The summed E-state index contributed by atoms with van der Waals surface area (Å²) in [4.78, 5) is 38.3. The lowest BCUT2D eigenvalue weighted by Crippen LogP contribution is -2.30. The molecule has 0 spiro atoms. The van der Waals surface area contributed by atoms with Gasteiger partial charge in [0.1, 0.15) is 13.2 Å². The highest BCUT2D eigenvalue weighted by molar-refractivity contribution is 5.71. The van der Waals surface area contributed by atoms with Crippen molar-refractivity contribution in [2.24, 2.45) is 0 Å². The minimum atomic E-state index is -0.768. The van der Waals surface area contributed by atoms with E-state index in [2.05, 4.69) is 32.9 Å². The second-order valence-electron chi connectivity index (χ2n) is 22.0. The molecular formula is C65H124O6. The van der Waals surface area contributed by atoms with Gasteiger partial charge in [-0.1, -0.05) is 315 Å². The average Bonchev–Trinajstić information content (AvgIpc) is 3.37. The first-order valence-electron chi connectivity index (χ1n) is 32.2. The fourth-order valence-electron chi connectivity index (χ4n) is 9.91. The van der Waals surface area contributed by atoms with Gasteiger partial charge in [-0.25, -0.2) is 0 Å². The summed E-state index contributed by atoms with van der Waals surface area (Å²) >= 11 is 0. The molecule has 0 aliphatic carbocycles. The molecule has 71 heavy (non-hydrogen) atoms. The van der Waals surface area contributed by atoms with Crippen LogP contribution in [0.2, 0.25) is 0 Å². The van der Waals surface area contributed by atoms with Crippen molar-refractivity contribution in [1.29, 1.82) is 0 Å². The standard InChI is InChI=1S/C65H124O6/c1-4-7-10-13-16-19-22-25-28-30-32-34-35-37-40-43-46-49-52-55-58-64(67)70-61-62(60-69-63(66)57-54-51-48-45-42-39-27-24-21-18-15-12-9-6-3)71-65(68)59-56-53-50-47-44-41-38-36-33-31-29-26-23-20-17-14-11-8-5-2/h24,27,62H,4-23,25-26,28-61H2,1-3H3/b27-24-. The molecule has 6 nitrogen and oxygen atoms in total. The van der Waals surface area contributed by atoms with Crippen LogP contribution in [0.3, 0.4) is 0 Å². The van der Waals surface area contributed by atoms with Crippen molar-refractivity contribution >= 4 is 17.9 Å². The van der Waals surface area contributed by atoms with Crippen molar-refractivity contribution in [2.75, 3.05) is 13.2 Å². The quantitative estimate of drug-likeness (QED) is 0.0261. The normalized spacial score (nSPS) is 12.0. The second-order valence-corrected chi connectivity index (χ2v) is 22.0. The van der Waals surface area contributed by atoms with E-state index in [1.165, 1.54) is 263 Å². The van der Waals surface area contributed by atoms with E-state index >= 15 is 0 Å². The zero-order chi connectivity index (χ0) is 51.4. The number of carbonyl (C=O) groups is 3. The molecule has 1 unspecified atom stereocenters. The van der Waals surface area contributed by atoms with E-state index in [0.29, 0.717) is 19.3 Å². The number of esters is 3. The number of hydrogen-bond acceptors (Lipinski definition) is 6. The molecule has 0 aliphatic heterocycles. The molecule has 0 aromatic heterocycles. The van der Waals surface area contributed by atoms with Crippen molar-refractivity contribution in [2.45, 2.75) is 374 Å². The minimum Gasteiger partial charge on any atom is -0.462 e. The third-order valence-electron chi connectivity index (χ3n) is 14.8. The van der Waals surface area contributed by atoms with E-state index in [-0.39, 0.29) is 31.1 Å². The maximum atomic E-state index is 12.9. The van der Waals surface area contributed by atoms with Crippen LogP contribution in [0.1, 0.15) is 367 Å². The molecule has 0 heterocycles. The fourth-order valence-corrected chi connectivity index (χ4v) is 9.91.